The molecule has 8 heteroatoms. The van der Waals surface area contributed by atoms with E-state index in [0.29, 0.717) is 45.0 Å². The van der Waals surface area contributed by atoms with E-state index in [4.69, 9.17) is 4.42 Å². The first-order valence-electron chi connectivity index (χ1n) is 11.5. The average Bonchev–Trinajstić information content (AvgIpc) is 3.32. The summed E-state index contributed by atoms with van der Waals surface area (Å²) in [5, 5.41) is 3.94. The Balaban J connectivity index is 1.18. The Labute approximate surface area is 197 Å². The zero-order chi connectivity index (χ0) is 23.3. The highest BCUT2D eigenvalue weighted by Crippen LogP contribution is 2.29. The number of piperazine rings is 1. The highest BCUT2D eigenvalue weighted by Gasteiger charge is 2.23. The third-order valence-corrected chi connectivity index (χ3v) is 5.97. The van der Waals surface area contributed by atoms with Crippen molar-refractivity contribution in [2.24, 2.45) is 0 Å². The molecule has 0 saturated carbocycles. The molecule has 174 valence electrons. The van der Waals surface area contributed by atoms with Gasteiger partial charge in [-0.15, -0.1) is 0 Å². The van der Waals surface area contributed by atoms with Crippen molar-refractivity contribution in [2.45, 2.75) is 12.8 Å². The molecule has 1 aliphatic rings. The van der Waals surface area contributed by atoms with Crippen molar-refractivity contribution in [2.75, 3.05) is 43.1 Å². The fourth-order valence-corrected chi connectivity index (χ4v) is 4.09. The van der Waals surface area contributed by atoms with Crippen molar-refractivity contribution in [1.29, 1.82) is 0 Å². The number of aryl methyl sites for hydroxylation is 1. The van der Waals surface area contributed by atoms with Gasteiger partial charge in [0.15, 0.2) is 0 Å². The summed E-state index contributed by atoms with van der Waals surface area (Å²) in [5.41, 5.74) is 3.46. The number of carbonyl (C=O) groups excluding carboxylic acids is 1. The van der Waals surface area contributed by atoms with Crippen LogP contribution in [0.3, 0.4) is 0 Å². The number of furan rings is 1. The summed E-state index contributed by atoms with van der Waals surface area (Å²) in [7, 11) is 0. The molecule has 0 atom stereocenters. The van der Waals surface area contributed by atoms with Crippen molar-refractivity contribution in [3.05, 3.63) is 72.6 Å². The third-order valence-electron chi connectivity index (χ3n) is 5.97. The molecular formula is C26H26FN5O2. The number of amides is 2. The van der Waals surface area contributed by atoms with Gasteiger partial charge >= 0.3 is 6.03 Å². The van der Waals surface area contributed by atoms with Gasteiger partial charge in [-0.1, -0.05) is 30.3 Å². The molecule has 0 aliphatic carbocycles. The van der Waals surface area contributed by atoms with Crippen molar-refractivity contribution >= 4 is 28.6 Å². The normalized spacial score (nSPS) is 13.9. The lowest BCUT2D eigenvalue weighted by Crippen LogP contribution is -2.50. The quantitative estimate of drug-likeness (QED) is 0.432. The lowest BCUT2D eigenvalue weighted by Gasteiger charge is -2.34. The first kappa shape index (κ1) is 21.9. The van der Waals surface area contributed by atoms with Crippen molar-refractivity contribution in [3.8, 4) is 11.3 Å². The van der Waals surface area contributed by atoms with Crippen LogP contribution in [0.15, 0.2) is 71.4 Å². The van der Waals surface area contributed by atoms with Crippen LogP contribution in [0.2, 0.25) is 0 Å². The van der Waals surface area contributed by atoms with Crippen LogP contribution >= 0.6 is 0 Å². The number of aromatic nitrogens is 2. The van der Waals surface area contributed by atoms with Gasteiger partial charge in [0.2, 0.25) is 5.95 Å². The highest BCUT2D eigenvalue weighted by molar-refractivity contribution is 5.93. The molecule has 0 spiro atoms. The lowest BCUT2D eigenvalue weighted by molar-refractivity contribution is 0.208. The highest BCUT2D eigenvalue weighted by atomic mass is 19.1. The van der Waals surface area contributed by atoms with Crippen LogP contribution in [-0.4, -0.2) is 53.8 Å². The minimum absolute atomic E-state index is 0.131. The summed E-state index contributed by atoms with van der Waals surface area (Å²) < 4.78 is 18.3. The molecule has 2 amide bonds. The number of rotatable bonds is 6. The number of urea groups is 1. The number of hydrogen-bond acceptors (Lipinski definition) is 5. The fraction of sp³-hybridized carbons (Fsp3) is 0.269. The molecule has 2 aromatic heterocycles. The van der Waals surface area contributed by atoms with Gasteiger partial charge < -0.3 is 19.5 Å². The maximum atomic E-state index is 12.8. The largest absolute Gasteiger partial charge is 0.456 e. The van der Waals surface area contributed by atoms with Crippen LogP contribution in [-0.2, 0) is 6.42 Å². The molecule has 7 nitrogen and oxygen atoms in total. The maximum Gasteiger partial charge on any atom is 0.321 e. The van der Waals surface area contributed by atoms with Gasteiger partial charge in [0.05, 0.1) is 6.67 Å². The Morgan fingerprint density at radius 1 is 1.00 bits per heavy atom. The maximum absolute atomic E-state index is 12.8. The SMILES string of the molecule is O=C(Nc1ccc2oc(-c3ccccc3)cc2c1)N1CCN(c2ncc(CCCF)cn2)CC1. The molecule has 4 aromatic rings. The Bertz CT molecular complexity index is 1250. The van der Waals surface area contributed by atoms with Crippen molar-refractivity contribution < 1.29 is 13.6 Å². The molecule has 0 radical (unpaired) electrons. The van der Waals surface area contributed by atoms with E-state index < -0.39 is 0 Å². The molecule has 1 saturated heterocycles. The zero-order valence-electron chi connectivity index (χ0n) is 18.8. The number of alkyl halides is 1. The summed E-state index contributed by atoms with van der Waals surface area (Å²) >= 11 is 0. The van der Waals surface area contributed by atoms with Crippen LogP contribution in [0.1, 0.15) is 12.0 Å². The van der Waals surface area contributed by atoms with E-state index >= 15 is 0 Å². The van der Waals surface area contributed by atoms with Crippen LogP contribution < -0.4 is 10.2 Å². The van der Waals surface area contributed by atoms with E-state index in [2.05, 4.69) is 20.2 Å². The van der Waals surface area contributed by atoms with E-state index in [9.17, 15) is 9.18 Å². The monoisotopic (exact) mass is 459 g/mol. The van der Waals surface area contributed by atoms with Crippen molar-refractivity contribution in [1.82, 2.24) is 14.9 Å². The Morgan fingerprint density at radius 3 is 2.50 bits per heavy atom. The topological polar surface area (TPSA) is 74.5 Å². The second-order valence-electron chi connectivity index (χ2n) is 8.32. The summed E-state index contributed by atoms with van der Waals surface area (Å²) in [6.07, 6.45) is 4.64. The number of nitrogens with zero attached hydrogens (tertiary/aromatic N) is 4. The molecule has 0 unspecified atom stereocenters. The Morgan fingerprint density at radius 2 is 1.76 bits per heavy atom. The van der Waals surface area contributed by atoms with Gasteiger partial charge in [0.1, 0.15) is 11.3 Å². The lowest BCUT2D eigenvalue weighted by atomic mass is 10.1. The second kappa shape index (κ2) is 9.91. The van der Waals surface area contributed by atoms with E-state index in [0.717, 1.165) is 33.5 Å². The van der Waals surface area contributed by atoms with E-state index in [1.165, 1.54) is 0 Å². The van der Waals surface area contributed by atoms with E-state index in [1.807, 2.05) is 54.6 Å². The van der Waals surface area contributed by atoms with E-state index in [1.54, 1.807) is 17.3 Å². The van der Waals surface area contributed by atoms with Crippen molar-refractivity contribution in [3.63, 3.8) is 0 Å². The van der Waals surface area contributed by atoms with Gasteiger partial charge in [0, 0.05) is 55.2 Å². The molecule has 5 rings (SSSR count). The predicted octanol–water partition coefficient (Wildman–Crippen LogP) is 5.15. The molecule has 3 heterocycles. The van der Waals surface area contributed by atoms with E-state index in [-0.39, 0.29) is 12.7 Å². The number of hydrogen-bond donors (Lipinski definition) is 1. The Kier molecular flexibility index (Phi) is 6.38. The van der Waals surface area contributed by atoms with Gasteiger partial charge in [-0.25, -0.2) is 14.8 Å². The van der Waals surface area contributed by atoms with Crippen LogP contribution in [0.4, 0.5) is 20.8 Å². The first-order chi connectivity index (χ1) is 16.7. The number of anilines is 2. The summed E-state index contributed by atoms with van der Waals surface area (Å²) in [6, 6.07) is 17.5. The standard InChI is InChI=1S/C26H26FN5O2/c27-10-4-5-19-17-28-25(29-18-19)31-11-13-32(14-12-31)26(33)30-22-8-9-23-21(15-22)16-24(34-23)20-6-2-1-3-7-20/h1-3,6-9,15-18H,4-5,10-14H2,(H,30,33). The Hall–Kier alpha value is -3.94. The number of carbonyl (C=O) groups is 1. The van der Waals surface area contributed by atoms with Crippen LogP contribution in [0.25, 0.3) is 22.3 Å². The molecule has 1 aliphatic heterocycles. The fourth-order valence-electron chi connectivity index (χ4n) is 4.09. The molecule has 34 heavy (non-hydrogen) atoms. The molecule has 1 fully saturated rings. The summed E-state index contributed by atoms with van der Waals surface area (Å²) in [6.45, 7) is 2.11. The second-order valence-corrected chi connectivity index (χ2v) is 8.32. The average molecular weight is 460 g/mol. The molecule has 2 aromatic carbocycles. The minimum atomic E-state index is -0.337. The summed E-state index contributed by atoms with van der Waals surface area (Å²) in [5.74, 6) is 1.44. The number of halogens is 1. The number of benzene rings is 2. The van der Waals surface area contributed by atoms with Gasteiger partial charge in [0.25, 0.3) is 0 Å². The first-order valence-corrected chi connectivity index (χ1v) is 11.5. The predicted molar refractivity (Wildman–Crippen MR) is 131 cm³/mol. The molecular weight excluding hydrogens is 433 g/mol. The van der Waals surface area contributed by atoms with Crippen LogP contribution in [0.5, 0.6) is 0 Å². The number of fused-ring (bicyclic) bond motifs is 1. The molecule has 0 bridgehead atoms. The number of nitrogens with one attached hydrogen (secondary N) is 1. The van der Waals surface area contributed by atoms with Crippen LogP contribution in [0, 0.1) is 0 Å². The third kappa shape index (κ3) is 4.85. The smallest absolute Gasteiger partial charge is 0.321 e. The zero-order valence-corrected chi connectivity index (χ0v) is 18.8. The van der Waals surface area contributed by atoms with Gasteiger partial charge in [-0.2, -0.15) is 0 Å². The van der Waals surface area contributed by atoms with Gasteiger partial charge in [-0.3, -0.25) is 4.39 Å². The van der Waals surface area contributed by atoms with Gasteiger partial charge in [-0.05, 0) is 42.7 Å². The minimum Gasteiger partial charge on any atom is -0.456 e. The molecule has 1 N–H and O–H groups in total. The summed E-state index contributed by atoms with van der Waals surface area (Å²) in [4.78, 5) is 25.5.